The number of benzene rings is 2. The highest BCUT2D eigenvalue weighted by atomic mass is 79.9. The summed E-state index contributed by atoms with van der Waals surface area (Å²) in [6.45, 7) is 6.52. The Morgan fingerprint density at radius 2 is 2.00 bits per heavy atom. The predicted molar refractivity (Wildman–Crippen MR) is 126 cm³/mol. The van der Waals surface area contributed by atoms with Crippen molar-refractivity contribution in [1.29, 1.82) is 0 Å². The highest BCUT2D eigenvalue weighted by Crippen LogP contribution is 2.39. The molecule has 1 aliphatic rings. The molecular formula is C22H20BrNO3S2. The number of thiocarbonyl (C=S) groups is 1. The average Bonchev–Trinajstić information content (AvgIpc) is 2.95. The van der Waals surface area contributed by atoms with Crippen molar-refractivity contribution in [2.45, 2.75) is 13.5 Å². The Labute approximate surface area is 188 Å². The van der Waals surface area contributed by atoms with Gasteiger partial charge in [-0.2, -0.15) is 0 Å². The van der Waals surface area contributed by atoms with E-state index < -0.39 is 0 Å². The molecule has 0 bridgehead atoms. The zero-order valence-corrected chi connectivity index (χ0v) is 19.3. The van der Waals surface area contributed by atoms with Crippen LogP contribution in [0.25, 0.3) is 6.08 Å². The highest BCUT2D eigenvalue weighted by molar-refractivity contribution is 9.10. The number of methoxy groups -OCH3 is 1. The molecule has 4 nitrogen and oxygen atoms in total. The normalized spacial score (nSPS) is 15.1. The van der Waals surface area contributed by atoms with Crippen LogP contribution in [0.15, 0.2) is 58.4 Å². The van der Waals surface area contributed by atoms with E-state index in [4.69, 9.17) is 21.7 Å². The number of amides is 1. The van der Waals surface area contributed by atoms with Gasteiger partial charge in [-0.25, -0.2) is 0 Å². The van der Waals surface area contributed by atoms with Crippen molar-refractivity contribution in [3.8, 4) is 11.5 Å². The summed E-state index contributed by atoms with van der Waals surface area (Å²) in [5.74, 6) is 1.07. The second-order valence-corrected chi connectivity index (χ2v) is 8.92. The first-order valence-electron chi connectivity index (χ1n) is 8.85. The molecule has 0 saturated carbocycles. The fourth-order valence-corrected chi connectivity index (χ4v) is 4.60. The van der Waals surface area contributed by atoms with Crippen molar-refractivity contribution in [1.82, 2.24) is 4.90 Å². The summed E-state index contributed by atoms with van der Waals surface area (Å²) in [7, 11) is 1.58. The standard InChI is InChI=1S/C22H20BrNO3S2/c1-4-9-27-20-17(23)10-16(11-18(20)26-3)12-19-21(25)24(22(28)29-19)13-15-7-5-14(2)6-8-15/h4-8,10-12H,1,9,13H2,2-3H3/b19-12-. The summed E-state index contributed by atoms with van der Waals surface area (Å²) in [4.78, 5) is 15.1. The molecule has 0 spiro atoms. The first kappa shape index (κ1) is 21.6. The fraction of sp³-hybridized carbons (Fsp3) is 0.182. The van der Waals surface area contributed by atoms with E-state index in [1.54, 1.807) is 18.1 Å². The number of nitrogens with zero attached hydrogens (tertiary/aromatic N) is 1. The zero-order valence-electron chi connectivity index (χ0n) is 16.1. The van der Waals surface area contributed by atoms with E-state index in [2.05, 4.69) is 22.5 Å². The van der Waals surface area contributed by atoms with Crippen molar-refractivity contribution in [2.24, 2.45) is 0 Å². The van der Waals surface area contributed by atoms with Crippen LogP contribution >= 0.6 is 39.9 Å². The third kappa shape index (κ3) is 5.10. The van der Waals surface area contributed by atoms with Crippen LogP contribution in [-0.2, 0) is 11.3 Å². The topological polar surface area (TPSA) is 38.8 Å². The number of hydrogen-bond donors (Lipinski definition) is 0. The smallest absolute Gasteiger partial charge is 0.266 e. The van der Waals surface area contributed by atoms with Gasteiger partial charge in [0.1, 0.15) is 10.9 Å². The molecule has 0 N–H and O–H groups in total. The molecule has 1 amide bonds. The van der Waals surface area contributed by atoms with Gasteiger partial charge in [0.25, 0.3) is 5.91 Å². The molecule has 0 radical (unpaired) electrons. The first-order valence-corrected chi connectivity index (χ1v) is 10.9. The van der Waals surface area contributed by atoms with Gasteiger partial charge >= 0.3 is 0 Å². The first-order chi connectivity index (χ1) is 13.9. The van der Waals surface area contributed by atoms with Gasteiger partial charge in [-0.3, -0.25) is 9.69 Å². The SMILES string of the molecule is C=CCOc1c(Br)cc(/C=C2\SC(=S)N(Cc3ccc(C)cc3)C2=O)cc1OC. The van der Waals surface area contributed by atoms with Crippen molar-refractivity contribution in [3.05, 3.63) is 75.1 Å². The lowest BCUT2D eigenvalue weighted by Crippen LogP contribution is -2.27. The number of halogens is 1. The Hall–Kier alpha value is -2.09. The molecule has 0 atom stereocenters. The summed E-state index contributed by atoms with van der Waals surface area (Å²) < 4.78 is 12.4. The van der Waals surface area contributed by atoms with E-state index in [-0.39, 0.29) is 5.91 Å². The lowest BCUT2D eigenvalue weighted by molar-refractivity contribution is -0.122. The van der Waals surface area contributed by atoms with Crippen molar-refractivity contribution in [2.75, 3.05) is 13.7 Å². The van der Waals surface area contributed by atoms with Gasteiger partial charge < -0.3 is 9.47 Å². The van der Waals surface area contributed by atoms with Crippen LogP contribution < -0.4 is 9.47 Å². The molecule has 1 saturated heterocycles. The van der Waals surface area contributed by atoms with Crippen molar-refractivity contribution >= 4 is 56.2 Å². The molecule has 0 aromatic heterocycles. The van der Waals surface area contributed by atoms with E-state index in [0.717, 1.165) is 15.6 Å². The van der Waals surface area contributed by atoms with Gasteiger partial charge in [0.2, 0.25) is 0 Å². The molecule has 2 aromatic carbocycles. The minimum atomic E-state index is -0.0948. The number of rotatable bonds is 7. The van der Waals surface area contributed by atoms with Gasteiger partial charge in [-0.15, -0.1) is 0 Å². The fourth-order valence-electron chi connectivity index (χ4n) is 2.77. The van der Waals surface area contributed by atoms with Gasteiger partial charge in [0, 0.05) is 0 Å². The monoisotopic (exact) mass is 489 g/mol. The van der Waals surface area contributed by atoms with Gasteiger partial charge in [-0.05, 0) is 52.2 Å². The predicted octanol–water partition coefficient (Wildman–Crippen LogP) is 5.73. The highest BCUT2D eigenvalue weighted by Gasteiger charge is 2.32. The molecule has 1 fully saturated rings. The van der Waals surface area contributed by atoms with Crippen LogP contribution in [0, 0.1) is 6.92 Å². The molecule has 150 valence electrons. The Morgan fingerprint density at radius 3 is 2.66 bits per heavy atom. The van der Waals surface area contributed by atoms with Gasteiger partial charge in [0.15, 0.2) is 11.5 Å². The van der Waals surface area contributed by atoms with E-state index >= 15 is 0 Å². The van der Waals surface area contributed by atoms with Crippen LogP contribution in [0.1, 0.15) is 16.7 Å². The molecule has 0 unspecified atom stereocenters. The molecular weight excluding hydrogens is 470 g/mol. The summed E-state index contributed by atoms with van der Waals surface area (Å²) in [6.07, 6.45) is 3.48. The summed E-state index contributed by atoms with van der Waals surface area (Å²) in [6, 6.07) is 11.8. The summed E-state index contributed by atoms with van der Waals surface area (Å²) >= 11 is 10.3. The summed E-state index contributed by atoms with van der Waals surface area (Å²) in [5.41, 5.74) is 3.04. The Morgan fingerprint density at radius 1 is 1.28 bits per heavy atom. The number of thioether (sulfide) groups is 1. The van der Waals surface area contributed by atoms with E-state index in [1.807, 2.05) is 49.4 Å². The molecule has 1 heterocycles. The maximum absolute atomic E-state index is 12.9. The molecule has 0 aliphatic carbocycles. The number of ether oxygens (including phenoxy) is 2. The molecule has 3 rings (SSSR count). The lowest BCUT2D eigenvalue weighted by atomic mass is 10.1. The third-order valence-electron chi connectivity index (χ3n) is 4.23. The molecule has 29 heavy (non-hydrogen) atoms. The zero-order chi connectivity index (χ0) is 21.0. The molecule has 7 heteroatoms. The maximum Gasteiger partial charge on any atom is 0.266 e. The lowest BCUT2D eigenvalue weighted by Gasteiger charge is -2.14. The van der Waals surface area contributed by atoms with Gasteiger partial charge in [0.05, 0.1) is 23.0 Å². The minimum absolute atomic E-state index is 0.0948. The number of carbonyl (C=O) groups excluding carboxylic acids is 1. The van der Waals surface area contributed by atoms with E-state index in [9.17, 15) is 4.79 Å². The number of carbonyl (C=O) groups is 1. The Kier molecular flexibility index (Phi) is 7.16. The van der Waals surface area contributed by atoms with Crippen LogP contribution in [0.2, 0.25) is 0 Å². The second-order valence-electron chi connectivity index (χ2n) is 6.39. The summed E-state index contributed by atoms with van der Waals surface area (Å²) in [5, 5.41) is 0. The van der Waals surface area contributed by atoms with Crippen molar-refractivity contribution < 1.29 is 14.3 Å². The van der Waals surface area contributed by atoms with Crippen LogP contribution in [0.3, 0.4) is 0 Å². The van der Waals surface area contributed by atoms with Crippen LogP contribution in [0.5, 0.6) is 11.5 Å². The largest absolute Gasteiger partial charge is 0.493 e. The molecule has 1 aliphatic heterocycles. The van der Waals surface area contributed by atoms with Gasteiger partial charge in [-0.1, -0.05) is 66.5 Å². The Bertz CT molecular complexity index is 986. The quantitative estimate of drug-likeness (QED) is 0.282. The second kappa shape index (κ2) is 9.61. The number of aryl methyl sites for hydroxylation is 1. The average molecular weight is 490 g/mol. The van der Waals surface area contributed by atoms with E-state index in [0.29, 0.717) is 33.9 Å². The minimum Gasteiger partial charge on any atom is -0.493 e. The van der Waals surface area contributed by atoms with Crippen LogP contribution in [0.4, 0.5) is 0 Å². The number of hydrogen-bond acceptors (Lipinski definition) is 5. The Balaban J connectivity index is 1.84. The van der Waals surface area contributed by atoms with Crippen LogP contribution in [-0.4, -0.2) is 28.8 Å². The van der Waals surface area contributed by atoms with E-state index in [1.165, 1.54) is 17.3 Å². The van der Waals surface area contributed by atoms with Crippen molar-refractivity contribution in [3.63, 3.8) is 0 Å². The maximum atomic E-state index is 12.9. The molecule has 2 aromatic rings. The third-order valence-corrected chi connectivity index (χ3v) is 6.20.